The molecule has 2 rings (SSSR count). The number of hydrogen-bond acceptors (Lipinski definition) is 3. The summed E-state index contributed by atoms with van der Waals surface area (Å²) < 4.78 is 0. The Hall–Kier alpha value is -0.870. The van der Waals surface area contributed by atoms with Crippen LogP contribution in [0.2, 0.25) is 0 Å². The molecule has 1 amide bonds. The highest BCUT2D eigenvalue weighted by molar-refractivity contribution is 7.10. The van der Waals surface area contributed by atoms with Crippen molar-refractivity contribution in [1.82, 2.24) is 5.32 Å². The first-order valence-corrected chi connectivity index (χ1v) is 7.43. The van der Waals surface area contributed by atoms with Crippen molar-refractivity contribution >= 4 is 17.2 Å². The molecule has 0 aromatic carbocycles. The summed E-state index contributed by atoms with van der Waals surface area (Å²) in [6.07, 6.45) is 3.77. The average molecular weight is 266 g/mol. The maximum Gasteiger partial charge on any atom is 0.240 e. The van der Waals surface area contributed by atoms with Gasteiger partial charge >= 0.3 is 0 Å². The lowest BCUT2D eigenvalue weighted by Gasteiger charge is -2.28. The summed E-state index contributed by atoms with van der Waals surface area (Å²) in [6.45, 7) is 4.94. The number of nitrogens with one attached hydrogen (secondary N) is 1. The van der Waals surface area contributed by atoms with Crippen LogP contribution in [0.4, 0.5) is 0 Å². The van der Waals surface area contributed by atoms with Gasteiger partial charge in [-0.25, -0.2) is 0 Å². The van der Waals surface area contributed by atoms with Gasteiger partial charge in [-0.05, 0) is 24.3 Å². The van der Waals surface area contributed by atoms with Crippen LogP contribution < -0.4 is 11.1 Å². The van der Waals surface area contributed by atoms with Crippen LogP contribution in [-0.4, -0.2) is 18.0 Å². The average Bonchev–Trinajstić information content (AvgIpc) is 2.97. The lowest BCUT2D eigenvalue weighted by molar-refractivity contribution is -0.126. The van der Waals surface area contributed by atoms with Crippen molar-refractivity contribution in [3.05, 3.63) is 22.4 Å². The molecule has 100 valence electrons. The van der Waals surface area contributed by atoms with E-state index in [2.05, 4.69) is 30.6 Å². The van der Waals surface area contributed by atoms with Crippen molar-refractivity contribution in [1.29, 1.82) is 0 Å². The van der Waals surface area contributed by atoms with Gasteiger partial charge in [0.25, 0.3) is 0 Å². The second kappa shape index (κ2) is 5.02. The Morgan fingerprint density at radius 3 is 2.72 bits per heavy atom. The Kier molecular flexibility index (Phi) is 3.78. The number of thiophene rings is 1. The highest BCUT2D eigenvalue weighted by Crippen LogP contribution is 2.29. The van der Waals surface area contributed by atoms with Crippen molar-refractivity contribution in [3.63, 3.8) is 0 Å². The lowest BCUT2D eigenvalue weighted by Crippen LogP contribution is -2.53. The Labute approximate surface area is 113 Å². The van der Waals surface area contributed by atoms with Gasteiger partial charge in [0.05, 0.1) is 5.54 Å². The molecule has 1 fully saturated rings. The SMILES string of the molecule is CC(C)(CNC(=O)C1(N)CCCC1)c1cccs1. The van der Waals surface area contributed by atoms with E-state index in [1.807, 2.05) is 6.07 Å². The molecule has 0 saturated heterocycles. The molecule has 1 aromatic rings. The minimum Gasteiger partial charge on any atom is -0.354 e. The van der Waals surface area contributed by atoms with Crippen molar-refractivity contribution in [2.75, 3.05) is 6.54 Å². The molecular formula is C14H22N2OS. The number of rotatable bonds is 4. The summed E-state index contributed by atoms with van der Waals surface area (Å²) in [5.41, 5.74) is 5.49. The Morgan fingerprint density at radius 1 is 1.50 bits per heavy atom. The van der Waals surface area contributed by atoms with Crippen LogP contribution in [-0.2, 0) is 10.2 Å². The zero-order valence-electron chi connectivity index (χ0n) is 11.2. The summed E-state index contributed by atoms with van der Waals surface area (Å²) in [5.74, 6) is 0.0182. The number of carbonyl (C=O) groups excluding carboxylic acids is 1. The first kappa shape index (κ1) is 13.6. The molecule has 1 saturated carbocycles. The van der Waals surface area contributed by atoms with E-state index in [0.717, 1.165) is 25.7 Å². The second-order valence-electron chi connectivity index (χ2n) is 5.91. The Bertz CT molecular complexity index is 405. The van der Waals surface area contributed by atoms with Gasteiger partial charge in [-0.2, -0.15) is 0 Å². The molecule has 0 unspecified atom stereocenters. The molecule has 0 aliphatic heterocycles. The fourth-order valence-electron chi connectivity index (χ4n) is 2.46. The van der Waals surface area contributed by atoms with Crippen LogP contribution in [0.1, 0.15) is 44.4 Å². The lowest BCUT2D eigenvalue weighted by atomic mass is 9.90. The van der Waals surface area contributed by atoms with Crippen LogP contribution in [0.25, 0.3) is 0 Å². The quantitative estimate of drug-likeness (QED) is 0.879. The molecule has 18 heavy (non-hydrogen) atoms. The predicted octanol–water partition coefficient (Wildman–Crippen LogP) is 2.41. The van der Waals surface area contributed by atoms with Crippen LogP contribution in [0.5, 0.6) is 0 Å². The molecule has 0 spiro atoms. The van der Waals surface area contributed by atoms with Gasteiger partial charge in [0.1, 0.15) is 0 Å². The first-order valence-electron chi connectivity index (χ1n) is 6.55. The first-order chi connectivity index (χ1) is 8.44. The molecule has 3 nitrogen and oxygen atoms in total. The van der Waals surface area contributed by atoms with E-state index in [-0.39, 0.29) is 11.3 Å². The zero-order valence-corrected chi connectivity index (χ0v) is 12.0. The van der Waals surface area contributed by atoms with E-state index in [1.165, 1.54) is 4.88 Å². The van der Waals surface area contributed by atoms with E-state index < -0.39 is 5.54 Å². The standard InChI is InChI=1S/C14H22N2OS/c1-13(2,11-6-5-9-18-11)10-16-12(17)14(15)7-3-4-8-14/h5-6,9H,3-4,7-8,10,15H2,1-2H3,(H,16,17). The molecule has 0 bridgehead atoms. The Balaban J connectivity index is 1.93. The van der Waals surface area contributed by atoms with E-state index in [4.69, 9.17) is 5.73 Å². The van der Waals surface area contributed by atoms with E-state index in [0.29, 0.717) is 6.54 Å². The second-order valence-corrected chi connectivity index (χ2v) is 6.85. The highest BCUT2D eigenvalue weighted by Gasteiger charge is 2.37. The number of nitrogens with two attached hydrogens (primary N) is 1. The third kappa shape index (κ3) is 2.75. The number of amides is 1. The minimum atomic E-state index is -0.620. The molecule has 3 N–H and O–H groups in total. The normalized spacial score (nSPS) is 18.8. The summed E-state index contributed by atoms with van der Waals surface area (Å²) in [7, 11) is 0. The van der Waals surface area contributed by atoms with Crippen molar-refractivity contribution in [3.8, 4) is 0 Å². The number of hydrogen-bond donors (Lipinski definition) is 2. The van der Waals surface area contributed by atoms with Gasteiger partial charge in [0, 0.05) is 16.8 Å². The van der Waals surface area contributed by atoms with Crippen LogP contribution >= 0.6 is 11.3 Å². The molecule has 4 heteroatoms. The summed E-state index contributed by atoms with van der Waals surface area (Å²) >= 11 is 1.73. The molecular weight excluding hydrogens is 244 g/mol. The molecule has 1 aliphatic carbocycles. The van der Waals surface area contributed by atoms with Gasteiger partial charge < -0.3 is 11.1 Å². The molecule has 1 aliphatic rings. The van der Waals surface area contributed by atoms with Crippen LogP contribution in [0, 0.1) is 0 Å². The van der Waals surface area contributed by atoms with Gasteiger partial charge in [-0.15, -0.1) is 11.3 Å². The topological polar surface area (TPSA) is 55.1 Å². The van der Waals surface area contributed by atoms with E-state index >= 15 is 0 Å². The van der Waals surface area contributed by atoms with Crippen LogP contribution in [0.15, 0.2) is 17.5 Å². The van der Waals surface area contributed by atoms with Crippen molar-refractivity contribution in [2.24, 2.45) is 5.73 Å². The molecule has 0 atom stereocenters. The largest absolute Gasteiger partial charge is 0.354 e. The predicted molar refractivity (Wildman–Crippen MR) is 75.7 cm³/mol. The molecule has 1 heterocycles. The summed E-state index contributed by atoms with van der Waals surface area (Å²) in [6, 6.07) is 4.16. The van der Waals surface area contributed by atoms with Crippen molar-refractivity contribution in [2.45, 2.75) is 50.5 Å². The van der Waals surface area contributed by atoms with Crippen molar-refractivity contribution < 1.29 is 4.79 Å². The minimum absolute atomic E-state index is 0.0182. The van der Waals surface area contributed by atoms with Gasteiger partial charge in [0.2, 0.25) is 5.91 Å². The Morgan fingerprint density at radius 2 is 2.17 bits per heavy atom. The fourth-order valence-corrected chi connectivity index (χ4v) is 3.31. The van der Waals surface area contributed by atoms with Gasteiger partial charge in [-0.1, -0.05) is 32.8 Å². The summed E-state index contributed by atoms with van der Waals surface area (Å²) in [5, 5.41) is 5.11. The van der Waals surface area contributed by atoms with Crippen LogP contribution in [0.3, 0.4) is 0 Å². The zero-order chi connectivity index (χ0) is 13.2. The molecule has 0 radical (unpaired) electrons. The maximum absolute atomic E-state index is 12.2. The smallest absolute Gasteiger partial charge is 0.240 e. The third-order valence-electron chi connectivity index (χ3n) is 3.83. The summed E-state index contributed by atoms with van der Waals surface area (Å²) in [4.78, 5) is 13.4. The van der Waals surface area contributed by atoms with E-state index in [9.17, 15) is 4.79 Å². The fraction of sp³-hybridized carbons (Fsp3) is 0.643. The molecule has 1 aromatic heterocycles. The van der Waals surface area contributed by atoms with Gasteiger partial charge in [-0.3, -0.25) is 4.79 Å². The maximum atomic E-state index is 12.2. The highest BCUT2D eigenvalue weighted by atomic mass is 32.1. The van der Waals surface area contributed by atoms with E-state index in [1.54, 1.807) is 11.3 Å². The number of carbonyl (C=O) groups is 1. The van der Waals surface area contributed by atoms with Gasteiger partial charge in [0.15, 0.2) is 0 Å². The monoisotopic (exact) mass is 266 g/mol. The third-order valence-corrected chi connectivity index (χ3v) is 5.06.